The van der Waals surface area contributed by atoms with Crippen molar-refractivity contribution in [1.82, 2.24) is 14.8 Å². The van der Waals surface area contributed by atoms with E-state index in [4.69, 9.17) is 0 Å². The molecule has 1 aromatic carbocycles. The molecule has 4 rings (SSSR count). The predicted octanol–water partition coefficient (Wildman–Crippen LogP) is 4.93. The fourth-order valence-corrected chi connectivity index (χ4v) is 4.08. The zero-order valence-electron chi connectivity index (χ0n) is 12.8. The van der Waals surface area contributed by atoms with Gasteiger partial charge in [-0.1, -0.05) is 25.0 Å². The third kappa shape index (κ3) is 2.93. The van der Waals surface area contributed by atoms with Gasteiger partial charge in [0.05, 0.1) is 4.88 Å². The van der Waals surface area contributed by atoms with E-state index in [1.165, 1.54) is 37.8 Å². The summed E-state index contributed by atoms with van der Waals surface area (Å²) in [4.78, 5) is 2.26. The summed E-state index contributed by atoms with van der Waals surface area (Å²) in [5.41, 5.74) is 1.04. The lowest BCUT2D eigenvalue weighted by Crippen LogP contribution is -2.08. The first-order valence-electron chi connectivity index (χ1n) is 8.09. The minimum Gasteiger partial charge on any atom is -0.310 e. The molecule has 2 aromatic heterocycles. The molecule has 0 N–H and O–H groups in total. The summed E-state index contributed by atoms with van der Waals surface area (Å²) in [6, 6.07) is 10.8. The quantitative estimate of drug-likeness (QED) is 0.668. The zero-order chi connectivity index (χ0) is 15.6. The number of aryl methyl sites for hydroxylation is 1. The molecule has 0 spiro atoms. The normalized spacial score (nSPS) is 15.0. The van der Waals surface area contributed by atoms with Crippen molar-refractivity contribution in [2.75, 3.05) is 0 Å². The van der Waals surface area contributed by atoms with Crippen molar-refractivity contribution in [3.05, 3.63) is 48.0 Å². The lowest BCUT2D eigenvalue weighted by molar-refractivity contribution is 0.519. The molecule has 23 heavy (non-hydrogen) atoms. The second-order valence-corrected chi connectivity index (χ2v) is 7.01. The van der Waals surface area contributed by atoms with Crippen molar-refractivity contribution in [3.8, 4) is 21.1 Å². The monoisotopic (exact) mass is 327 g/mol. The topological polar surface area (TPSA) is 30.7 Å². The number of thiophene rings is 1. The number of hydrogen-bond acceptors (Lipinski definition) is 3. The van der Waals surface area contributed by atoms with Crippen LogP contribution in [0, 0.1) is 5.82 Å². The summed E-state index contributed by atoms with van der Waals surface area (Å²) in [6.07, 6.45) is 5.97. The van der Waals surface area contributed by atoms with E-state index in [1.807, 2.05) is 12.1 Å². The molecule has 0 saturated carbocycles. The van der Waals surface area contributed by atoms with Crippen molar-refractivity contribution in [3.63, 3.8) is 0 Å². The van der Waals surface area contributed by atoms with Crippen molar-refractivity contribution in [1.29, 1.82) is 0 Å². The van der Waals surface area contributed by atoms with Crippen LogP contribution in [0.15, 0.2) is 36.4 Å². The first kappa shape index (κ1) is 14.6. The van der Waals surface area contributed by atoms with Crippen LogP contribution in [0.4, 0.5) is 4.39 Å². The van der Waals surface area contributed by atoms with Gasteiger partial charge in [-0.2, -0.15) is 0 Å². The number of hydrogen-bond donors (Lipinski definition) is 0. The number of aromatic nitrogens is 3. The smallest absolute Gasteiger partial charge is 0.174 e. The predicted molar refractivity (Wildman–Crippen MR) is 90.9 cm³/mol. The summed E-state index contributed by atoms with van der Waals surface area (Å²) in [7, 11) is 0. The Morgan fingerprint density at radius 1 is 0.870 bits per heavy atom. The standard InChI is InChI=1S/C18H18FN3S/c19-14-8-6-13(7-9-14)15-10-11-16(23-15)18-21-20-17-5-3-1-2-4-12-22(17)18/h6-11H,1-5,12H2. The van der Waals surface area contributed by atoms with Crippen LogP contribution in [0.25, 0.3) is 21.1 Å². The van der Waals surface area contributed by atoms with Crippen LogP contribution in [0.1, 0.15) is 31.5 Å². The van der Waals surface area contributed by atoms with E-state index in [0.29, 0.717) is 0 Å². The van der Waals surface area contributed by atoms with Gasteiger partial charge in [0.25, 0.3) is 0 Å². The highest BCUT2D eigenvalue weighted by Crippen LogP contribution is 2.34. The number of benzene rings is 1. The third-order valence-corrected chi connectivity index (χ3v) is 5.44. The van der Waals surface area contributed by atoms with Crippen molar-refractivity contribution in [2.24, 2.45) is 0 Å². The molecule has 0 radical (unpaired) electrons. The summed E-state index contributed by atoms with van der Waals surface area (Å²) < 4.78 is 15.4. The lowest BCUT2D eigenvalue weighted by Gasteiger charge is -2.12. The lowest BCUT2D eigenvalue weighted by atomic mass is 10.1. The summed E-state index contributed by atoms with van der Waals surface area (Å²) in [5, 5.41) is 8.83. The fourth-order valence-electron chi connectivity index (χ4n) is 3.07. The first-order chi connectivity index (χ1) is 11.3. The highest BCUT2D eigenvalue weighted by Gasteiger charge is 2.17. The maximum atomic E-state index is 13.1. The van der Waals surface area contributed by atoms with Crippen LogP contribution >= 0.6 is 11.3 Å². The molecule has 1 aliphatic rings. The van der Waals surface area contributed by atoms with E-state index in [-0.39, 0.29) is 5.82 Å². The summed E-state index contributed by atoms with van der Waals surface area (Å²) >= 11 is 1.69. The second kappa shape index (κ2) is 6.24. The number of halogens is 1. The van der Waals surface area contributed by atoms with Gasteiger partial charge in [0.1, 0.15) is 11.6 Å². The van der Waals surface area contributed by atoms with Gasteiger partial charge in [-0.3, -0.25) is 0 Å². The van der Waals surface area contributed by atoms with E-state index >= 15 is 0 Å². The van der Waals surface area contributed by atoms with Gasteiger partial charge in [-0.25, -0.2) is 4.39 Å². The average Bonchev–Trinajstić information content (AvgIpc) is 3.15. The first-order valence-corrected chi connectivity index (χ1v) is 8.91. The van der Waals surface area contributed by atoms with E-state index in [2.05, 4.69) is 26.9 Å². The van der Waals surface area contributed by atoms with E-state index in [1.54, 1.807) is 11.3 Å². The van der Waals surface area contributed by atoms with Crippen LogP contribution in [0.2, 0.25) is 0 Å². The van der Waals surface area contributed by atoms with Crippen molar-refractivity contribution < 1.29 is 4.39 Å². The molecule has 0 fully saturated rings. The van der Waals surface area contributed by atoms with E-state index in [9.17, 15) is 4.39 Å². The molecule has 3 aromatic rings. The van der Waals surface area contributed by atoms with E-state index < -0.39 is 0 Å². The molecule has 0 amide bonds. The molecule has 3 heterocycles. The van der Waals surface area contributed by atoms with Gasteiger partial charge >= 0.3 is 0 Å². The van der Waals surface area contributed by atoms with Gasteiger partial charge < -0.3 is 4.57 Å². The Bertz CT molecular complexity index is 804. The van der Waals surface area contributed by atoms with Crippen LogP contribution in [-0.4, -0.2) is 14.8 Å². The maximum Gasteiger partial charge on any atom is 0.174 e. The fraction of sp³-hybridized carbons (Fsp3) is 0.333. The SMILES string of the molecule is Fc1ccc(-c2ccc(-c3nnc4n3CCCCCC4)s2)cc1. The molecule has 0 atom stereocenters. The Morgan fingerprint density at radius 2 is 1.65 bits per heavy atom. The molecular weight excluding hydrogens is 309 g/mol. The molecule has 3 nitrogen and oxygen atoms in total. The number of fused-ring (bicyclic) bond motifs is 1. The minimum absolute atomic E-state index is 0.204. The largest absolute Gasteiger partial charge is 0.310 e. The van der Waals surface area contributed by atoms with Crippen LogP contribution in [-0.2, 0) is 13.0 Å². The van der Waals surface area contributed by atoms with Gasteiger partial charge in [-0.15, -0.1) is 21.5 Å². The summed E-state index contributed by atoms with van der Waals surface area (Å²) in [6.45, 7) is 1.00. The average molecular weight is 327 g/mol. The third-order valence-electron chi connectivity index (χ3n) is 4.31. The van der Waals surface area contributed by atoms with Crippen molar-refractivity contribution >= 4 is 11.3 Å². The Morgan fingerprint density at radius 3 is 2.52 bits per heavy atom. The molecule has 5 heteroatoms. The molecule has 0 aliphatic carbocycles. The van der Waals surface area contributed by atoms with Crippen LogP contribution in [0.3, 0.4) is 0 Å². The Balaban J connectivity index is 1.68. The maximum absolute atomic E-state index is 13.1. The number of nitrogens with zero attached hydrogens (tertiary/aromatic N) is 3. The second-order valence-electron chi connectivity index (χ2n) is 5.93. The van der Waals surface area contributed by atoms with Crippen molar-refractivity contribution in [2.45, 2.75) is 38.6 Å². The van der Waals surface area contributed by atoms with Gasteiger partial charge in [0, 0.05) is 17.8 Å². The molecule has 0 saturated heterocycles. The van der Waals surface area contributed by atoms with Crippen LogP contribution in [0.5, 0.6) is 0 Å². The van der Waals surface area contributed by atoms with Gasteiger partial charge in [0.2, 0.25) is 0 Å². The molecule has 118 valence electrons. The Kier molecular flexibility index (Phi) is 3.95. The highest BCUT2D eigenvalue weighted by molar-refractivity contribution is 7.18. The van der Waals surface area contributed by atoms with Gasteiger partial charge in [-0.05, 0) is 42.7 Å². The van der Waals surface area contributed by atoms with E-state index in [0.717, 1.165) is 39.9 Å². The summed E-state index contributed by atoms with van der Waals surface area (Å²) in [5.74, 6) is 1.88. The minimum atomic E-state index is -0.204. The highest BCUT2D eigenvalue weighted by atomic mass is 32.1. The van der Waals surface area contributed by atoms with Crippen LogP contribution < -0.4 is 0 Å². The Hall–Kier alpha value is -2.01. The van der Waals surface area contributed by atoms with Gasteiger partial charge in [0.15, 0.2) is 5.82 Å². The molecule has 1 aliphatic heterocycles. The Labute approximate surface area is 138 Å². The molecule has 0 bridgehead atoms. The number of rotatable bonds is 2. The molecular formula is C18H18FN3S. The zero-order valence-corrected chi connectivity index (χ0v) is 13.7. The molecule has 0 unspecified atom stereocenters.